The number of hydrogen-bond acceptors (Lipinski definition) is 8. The van der Waals surface area contributed by atoms with Gasteiger partial charge in [0.15, 0.2) is 11.5 Å². The number of halogens is 1. The summed E-state index contributed by atoms with van der Waals surface area (Å²) in [6, 6.07) is 10.4. The van der Waals surface area contributed by atoms with E-state index in [4.69, 9.17) is 0 Å². The predicted octanol–water partition coefficient (Wildman–Crippen LogP) is 1.18. The number of pyridine rings is 1. The van der Waals surface area contributed by atoms with Gasteiger partial charge in [-0.3, -0.25) is 19.4 Å². The van der Waals surface area contributed by atoms with Crippen LogP contribution in [-0.2, 0) is 17.9 Å². The van der Waals surface area contributed by atoms with Crippen molar-refractivity contribution in [2.45, 2.75) is 19.4 Å². The van der Waals surface area contributed by atoms with E-state index in [1.54, 1.807) is 31.4 Å². The molecule has 0 radical (unpaired) electrons. The quantitative estimate of drug-likeness (QED) is 0.511. The Morgan fingerprint density at radius 2 is 1.89 bits per heavy atom. The molecule has 1 fully saturated rings. The maximum Gasteiger partial charge on any atom is 0.277 e. The number of carbonyl (C=O) groups excluding carboxylic acids is 2. The van der Waals surface area contributed by atoms with Crippen molar-refractivity contribution in [3.05, 3.63) is 66.0 Å². The van der Waals surface area contributed by atoms with Crippen molar-refractivity contribution in [3.8, 4) is 0 Å². The number of amides is 2. The molecule has 194 valence electrons. The van der Waals surface area contributed by atoms with Crippen LogP contribution in [0.3, 0.4) is 0 Å². The average Bonchev–Trinajstić information content (AvgIpc) is 3.30. The van der Waals surface area contributed by atoms with E-state index >= 15 is 0 Å². The third-order valence-electron chi connectivity index (χ3n) is 6.73. The highest BCUT2D eigenvalue weighted by molar-refractivity contribution is 6.00. The Labute approximate surface area is 213 Å². The summed E-state index contributed by atoms with van der Waals surface area (Å²) in [5.41, 5.74) is 2.17. The Bertz CT molecular complexity index is 1290. The Hall–Kier alpha value is -4.03. The van der Waals surface area contributed by atoms with Gasteiger partial charge in [0, 0.05) is 46.8 Å². The van der Waals surface area contributed by atoms with Gasteiger partial charge in [-0.2, -0.15) is 0 Å². The number of imidazole rings is 1. The summed E-state index contributed by atoms with van der Waals surface area (Å²) in [6.07, 6.45) is 2.03. The maximum atomic E-state index is 13.4. The first kappa shape index (κ1) is 24.7. The van der Waals surface area contributed by atoms with E-state index in [2.05, 4.69) is 25.1 Å². The zero-order valence-corrected chi connectivity index (χ0v) is 20.7. The highest BCUT2D eigenvalue weighted by atomic mass is 19.1. The molecular weight excluding hydrogens is 479 g/mol. The monoisotopic (exact) mass is 508 g/mol. The Morgan fingerprint density at radius 3 is 2.59 bits per heavy atom. The Balaban J connectivity index is 1.15. The Kier molecular flexibility index (Phi) is 6.76. The van der Waals surface area contributed by atoms with E-state index in [0.29, 0.717) is 18.2 Å². The molecule has 2 aromatic heterocycles. The second-order valence-corrected chi connectivity index (χ2v) is 9.26. The SMILES string of the molecule is CN1C(=O)c2c(ncn2CC(=O)Nc2ccc(N3CCN(Cc4cccc(F)c4)CC3)cn2)N(C)C1O. The van der Waals surface area contributed by atoms with Crippen LogP contribution in [-0.4, -0.2) is 87.9 Å². The molecule has 2 aliphatic rings. The van der Waals surface area contributed by atoms with E-state index in [0.717, 1.165) is 37.4 Å². The molecule has 1 saturated heterocycles. The average molecular weight is 509 g/mol. The molecule has 3 aromatic rings. The molecule has 37 heavy (non-hydrogen) atoms. The lowest BCUT2D eigenvalue weighted by Crippen LogP contribution is -2.52. The van der Waals surface area contributed by atoms with E-state index in [1.165, 1.54) is 33.8 Å². The molecule has 0 saturated carbocycles. The van der Waals surface area contributed by atoms with Gasteiger partial charge in [-0.15, -0.1) is 0 Å². The van der Waals surface area contributed by atoms with Crippen molar-refractivity contribution in [1.82, 2.24) is 24.3 Å². The molecule has 2 aliphatic heterocycles. The van der Waals surface area contributed by atoms with Gasteiger partial charge in [0.1, 0.15) is 18.2 Å². The molecule has 0 spiro atoms. The Morgan fingerprint density at radius 1 is 1.11 bits per heavy atom. The molecular formula is C25H29FN8O3. The third kappa shape index (κ3) is 5.11. The first-order valence-corrected chi connectivity index (χ1v) is 12.0. The molecule has 11 nitrogen and oxygen atoms in total. The van der Waals surface area contributed by atoms with Crippen LogP contribution in [0.5, 0.6) is 0 Å². The number of nitrogens with zero attached hydrogens (tertiary/aromatic N) is 7. The minimum Gasteiger partial charge on any atom is -0.368 e. The number of aliphatic hydroxyl groups is 1. The van der Waals surface area contributed by atoms with Crippen LogP contribution >= 0.6 is 0 Å². The lowest BCUT2D eigenvalue weighted by Gasteiger charge is -2.36. The molecule has 12 heteroatoms. The minimum absolute atomic E-state index is 0.122. The smallest absolute Gasteiger partial charge is 0.277 e. The van der Waals surface area contributed by atoms with Crippen molar-refractivity contribution < 1.29 is 19.1 Å². The van der Waals surface area contributed by atoms with Crippen molar-refractivity contribution >= 4 is 29.1 Å². The van der Waals surface area contributed by atoms with Crippen LogP contribution in [0, 0.1) is 5.82 Å². The fraction of sp³-hybridized carbons (Fsp3) is 0.360. The summed E-state index contributed by atoms with van der Waals surface area (Å²) >= 11 is 0. The number of hydrogen-bond donors (Lipinski definition) is 2. The molecule has 4 heterocycles. The zero-order valence-electron chi connectivity index (χ0n) is 20.7. The van der Waals surface area contributed by atoms with Gasteiger partial charge in [-0.05, 0) is 29.8 Å². The predicted molar refractivity (Wildman–Crippen MR) is 135 cm³/mol. The molecule has 0 aliphatic carbocycles. The second kappa shape index (κ2) is 10.1. The number of aromatic nitrogens is 3. The largest absolute Gasteiger partial charge is 0.368 e. The zero-order chi connectivity index (χ0) is 26.1. The number of piperazine rings is 1. The van der Waals surface area contributed by atoms with Gasteiger partial charge in [0.05, 0.1) is 18.2 Å². The number of aliphatic hydroxyl groups excluding tert-OH is 1. The van der Waals surface area contributed by atoms with Crippen molar-refractivity contribution in [1.29, 1.82) is 0 Å². The summed E-state index contributed by atoms with van der Waals surface area (Å²) in [5, 5.41) is 12.9. The van der Waals surface area contributed by atoms with Gasteiger partial charge >= 0.3 is 0 Å². The van der Waals surface area contributed by atoms with Crippen LogP contribution in [0.15, 0.2) is 48.9 Å². The van der Waals surface area contributed by atoms with E-state index < -0.39 is 12.3 Å². The number of benzene rings is 1. The summed E-state index contributed by atoms with van der Waals surface area (Å²) in [5.74, 6) is -0.252. The van der Waals surface area contributed by atoms with E-state index in [-0.39, 0.29) is 24.0 Å². The molecule has 5 rings (SSSR count). The van der Waals surface area contributed by atoms with Gasteiger partial charge in [0.25, 0.3) is 5.91 Å². The minimum atomic E-state index is -1.11. The molecule has 0 bridgehead atoms. The lowest BCUT2D eigenvalue weighted by molar-refractivity contribution is -0.116. The van der Waals surface area contributed by atoms with Crippen LogP contribution in [0.4, 0.5) is 21.7 Å². The van der Waals surface area contributed by atoms with Gasteiger partial charge in [0.2, 0.25) is 12.3 Å². The summed E-state index contributed by atoms with van der Waals surface area (Å²) in [7, 11) is 3.11. The van der Waals surface area contributed by atoms with Gasteiger partial charge in [-0.25, -0.2) is 14.4 Å². The van der Waals surface area contributed by atoms with Gasteiger partial charge < -0.3 is 24.8 Å². The molecule has 1 atom stereocenters. The maximum absolute atomic E-state index is 13.4. The highest BCUT2D eigenvalue weighted by Crippen LogP contribution is 2.27. The standard InChI is InChI=1S/C25H29FN8O3/c1-30-23-22(24(36)31(2)25(30)37)34(16-28-23)15-21(35)29-20-7-6-19(13-27-20)33-10-8-32(9-11-33)14-17-4-3-5-18(26)12-17/h3-7,12-13,16,25,37H,8-11,14-15H2,1-2H3,(H,27,29,35). The topological polar surface area (TPSA) is 110 Å². The first-order chi connectivity index (χ1) is 17.8. The molecule has 2 amide bonds. The van der Waals surface area contributed by atoms with Crippen molar-refractivity contribution in [3.63, 3.8) is 0 Å². The normalized spacial score (nSPS) is 18.2. The fourth-order valence-corrected chi connectivity index (χ4v) is 4.65. The lowest BCUT2D eigenvalue weighted by atomic mass is 10.2. The third-order valence-corrected chi connectivity index (χ3v) is 6.73. The number of nitrogens with one attached hydrogen (secondary N) is 1. The van der Waals surface area contributed by atoms with Crippen molar-refractivity contribution in [2.75, 3.05) is 55.4 Å². The second-order valence-electron chi connectivity index (χ2n) is 9.26. The van der Waals surface area contributed by atoms with E-state index in [9.17, 15) is 19.1 Å². The summed E-state index contributed by atoms with van der Waals surface area (Å²) in [6.45, 7) is 3.94. The fourth-order valence-electron chi connectivity index (χ4n) is 4.65. The van der Waals surface area contributed by atoms with Crippen LogP contribution < -0.4 is 15.1 Å². The molecule has 1 aromatic carbocycles. The summed E-state index contributed by atoms with van der Waals surface area (Å²) in [4.78, 5) is 41.0. The highest BCUT2D eigenvalue weighted by Gasteiger charge is 2.36. The first-order valence-electron chi connectivity index (χ1n) is 12.0. The summed E-state index contributed by atoms with van der Waals surface area (Å²) < 4.78 is 14.9. The van der Waals surface area contributed by atoms with E-state index in [1.807, 2.05) is 12.1 Å². The van der Waals surface area contributed by atoms with Crippen LogP contribution in [0.2, 0.25) is 0 Å². The number of carbonyl (C=O) groups is 2. The number of rotatable bonds is 6. The van der Waals surface area contributed by atoms with Gasteiger partial charge in [-0.1, -0.05) is 12.1 Å². The molecule has 1 unspecified atom stereocenters. The van der Waals surface area contributed by atoms with Crippen LogP contribution in [0.1, 0.15) is 16.1 Å². The number of fused-ring (bicyclic) bond motifs is 1. The van der Waals surface area contributed by atoms with Crippen LogP contribution in [0.25, 0.3) is 0 Å². The van der Waals surface area contributed by atoms with Crippen molar-refractivity contribution in [2.24, 2.45) is 0 Å². The number of anilines is 3. The molecule has 2 N–H and O–H groups in total.